The molecule has 0 saturated carbocycles. The number of halogens is 1. The molecule has 0 aromatic rings. The topological polar surface area (TPSA) is 74.8 Å². The van der Waals surface area contributed by atoms with Gasteiger partial charge < -0.3 is 20.7 Å². The van der Waals surface area contributed by atoms with E-state index in [9.17, 15) is 4.79 Å². The van der Waals surface area contributed by atoms with Gasteiger partial charge in [0.15, 0.2) is 5.96 Å². The van der Waals surface area contributed by atoms with Crippen LogP contribution in [0.3, 0.4) is 0 Å². The number of hydrogen-bond donors (Lipinski definition) is 3. The van der Waals surface area contributed by atoms with Gasteiger partial charge in [-0.25, -0.2) is 4.79 Å². The summed E-state index contributed by atoms with van der Waals surface area (Å²) in [4.78, 5) is 16.1. The van der Waals surface area contributed by atoms with Crippen molar-refractivity contribution in [2.24, 2.45) is 4.99 Å². The Bertz CT molecular complexity index is 421. The zero-order chi connectivity index (χ0) is 17.2. The number of hydrogen-bond acceptors (Lipinski definition) is 3. The maximum Gasteiger partial charge on any atom is 0.408 e. The highest BCUT2D eigenvalue weighted by Crippen LogP contribution is 2.16. The fourth-order valence-electron chi connectivity index (χ4n) is 1.85. The first-order valence-corrected chi connectivity index (χ1v) is 7.61. The molecule has 0 radical (unpaired) electrons. The lowest BCUT2D eigenvalue weighted by Crippen LogP contribution is -2.57. The molecule has 0 aromatic carbocycles. The monoisotopic (exact) mass is 438 g/mol. The Balaban J connectivity index is 0. The molecule has 7 heteroatoms. The number of amides is 1. The molecular formula is C16H31IN4O2. The lowest BCUT2D eigenvalue weighted by atomic mass is 9.93. The summed E-state index contributed by atoms with van der Waals surface area (Å²) < 4.78 is 5.34. The van der Waals surface area contributed by atoms with Crippen molar-refractivity contribution in [1.29, 1.82) is 0 Å². The third-order valence-corrected chi connectivity index (χ3v) is 3.30. The molecule has 6 nitrogen and oxygen atoms in total. The van der Waals surface area contributed by atoms with Gasteiger partial charge in [-0.1, -0.05) is 19.8 Å². The van der Waals surface area contributed by atoms with Crippen LogP contribution in [0.4, 0.5) is 4.79 Å². The Morgan fingerprint density at radius 1 is 1.22 bits per heavy atom. The first kappa shape index (κ1) is 24.1. The lowest BCUT2D eigenvalue weighted by molar-refractivity contribution is 0.0448. The minimum atomic E-state index is -0.519. The van der Waals surface area contributed by atoms with E-state index >= 15 is 0 Å². The second-order valence-electron chi connectivity index (χ2n) is 6.10. The van der Waals surface area contributed by atoms with Crippen LogP contribution in [0.25, 0.3) is 0 Å². The molecule has 0 aliphatic rings. The molecule has 1 amide bonds. The predicted molar refractivity (Wildman–Crippen MR) is 106 cm³/mol. The van der Waals surface area contributed by atoms with Crippen LogP contribution in [-0.4, -0.2) is 43.3 Å². The van der Waals surface area contributed by atoms with Gasteiger partial charge in [0.1, 0.15) is 5.60 Å². The number of terminal acetylenes is 1. The molecule has 134 valence electrons. The van der Waals surface area contributed by atoms with Crippen LogP contribution in [-0.2, 0) is 4.74 Å². The van der Waals surface area contributed by atoms with Crippen molar-refractivity contribution in [3.05, 3.63) is 0 Å². The number of aliphatic imine (C=N–C) groups is 1. The number of ether oxygens (including phenoxy) is 1. The summed E-state index contributed by atoms with van der Waals surface area (Å²) in [6.45, 7) is 10.5. The summed E-state index contributed by atoms with van der Waals surface area (Å²) in [5.41, 5.74) is -0.925. The molecule has 0 aliphatic carbocycles. The Morgan fingerprint density at radius 3 is 2.17 bits per heavy atom. The van der Waals surface area contributed by atoms with Gasteiger partial charge in [0.05, 0.1) is 12.1 Å². The van der Waals surface area contributed by atoms with Crippen molar-refractivity contribution in [1.82, 2.24) is 16.0 Å². The number of carbonyl (C=O) groups is 1. The minimum Gasteiger partial charge on any atom is -0.444 e. The second kappa shape index (κ2) is 11.4. The Morgan fingerprint density at radius 2 is 1.78 bits per heavy atom. The number of nitrogens with one attached hydrogen (secondary N) is 3. The zero-order valence-electron chi connectivity index (χ0n) is 15.1. The van der Waals surface area contributed by atoms with Gasteiger partial charge in [-0.2, -0.15) is 0 Å². The van der Waals surface area contributed by atoms with Gasteiger partial charge in [0.2, 0.25) is 0 Å². The van der Waals surface area contributed by atoms with E-state index in [-0.39, 0.29) is 24.0 Å². The van der Waals surface area contributed by atoms with E-state index in [4.69, 9.17) is 11.2 Å². The molecule has 0 fully saturated rings. The van der Waals surface area contributed by atoms with Crippen molar-refractivity contribution in [2.45, 2.75) is 58.6 Å². The molecule has 0 aliphatic heterocycles. The normalized spacial score (nSPS) is 11.8. The molecule has 0 saturated heterocycles. The van der Waals surface area contributed by atoms with E-state index in [2.05, 4.69) is 26.9 Å². The summed E-state index contributed by atoms with van der Waals surface area (Å²) in [5, 5.41) is 9.15. The second-order valence-corrected chi connectivity index (χ2v) is 6.10. The van der Waals surface area contributed by atoms with E-state index < -0.39 is 17.2 Å². The quantitative estimate of drug-likeness (QED) is 0.258. The van der Waals surface area contributed by atoms with E-state index in [0.717, 1.165) is 12.8 Å². The van der Waals surface area contributed by atoms with Crippen LogP contribution in [0, 0.1) is 12.3 Å². The van der Waals surface area contributed by atoms with Crippen LogP contribution < -0.4 is 16.0 Å². The van der Waals surface area contributed by atoms with E-state index in [1.54, 1.807) is 7.05 Å². The largest absolute Gasteiger partial charge is 0.444 e. The van der Waals surface area contributed by atoms with Gasteiger partial charge in [-0.05, 0) is 33.6 Å². The molecule has 0 spiro atoms. The summed E-state index contributed by atoms with van der Waals surface area (Å²) >= 11 is 0. The Hall–Kier alpha value is -1.17. The molecule has 23 heavy (non-hydrogen) atoms. The number of carbonyl (C=O) groups excluding carboxylic acids is 1. The van der Waals surface area contributed by atoms with Gasteiger partial charge in [0.25, 0.3) is 0 Å². The first-order chi connectivity index (χ1) is 10.2. The van der Waals surface area contributed by atoms with Crippen molar-refractivity contribution in [3.63, 3.8) is 0 Å². The Kier molecular flexibility index (Phi) is 11.9. The third-order valence-electron chi connectivity index (χ3n) is 3.30. The number of alkyl carbamates (subject to hydrolysis) is 1. The molecule has 0 atom stereocenters. The molecular weight excluding hydrogens is 407 g/mol. The van der Waals surface area contributed by atoms with Crippen molar-refractivity contribution in [2.75, 3.05) is 20.1 Å². The van der Waals surface area contributed by atoms with E-state index in [0.29, 0.717) is 19.0 Å². The van der Waals surface area contributed by atoms with Gasteiger partial charge >= 0.3 is 6.09 Å². The highest BCUT2D eigenvalue weighted by Gasteiger charge is 2.30. The summed E-state index contributed by atoms with van der Waals surface area (Å²) in [5.74, 6) is 3.10. The maximum atomic E-state index is 12.0. The van der Waals surface area contributed by atoms with Crippen LogP contribution >= 0.6 is 24.0 Å². The van der Waals surface area contributed by atoms with Gasteiger partial charge in [0, 0.05) is 13.6 Å². The highest BCUT2D eigenvalue weighted by atomic mass is 127. The summed E-state index contributed by atoms with van der Waals surface area (Å²) in [7, 11) is 1.67. The fraction of sp³-hybridized carbons (Fsp3) is 0.750. The smallest absolute Gasteiger partial charge is 0.408 e. The molecule has 0 unspecified atom stereocenters. The minimum absolute atomic E-state index is 0. The van der Waals surface area contributed by atoms with Crippen LogP contribution in [0.5, 0.6) is 0 Å². The first-order valence-electron chi connectivity index (χ1n) is 7.61. The number of rotatable bonds is 6. The third kappa shape index (κ3) is 10.3. The average Bonchev–Trinajstić information content (AvgIpc) is 2.44. The number of guanidine groups is 1. The van der Waals surface area contributed by atoms with Crippen molar-refractivity contribution < 1.29 is 9.53 Å². The van der Waals surface area contributed by atoms with Crippen LogP contribution in [0.1, 0.15) is 47.5 Å². The summed E-state index contributed by atoms with van der Waals surface area (Å²) in [6.07, 6.45) is 6.34. The fourth-order valence-corrected chi connectivity index (χ4v) is 1.85. The van der Waals surface area contributed by atoms with Crippen LogP contribution in [0.15, 0.2) is 4.99 Å². The highest BCUT2D eigenvalue weighted by molar-refractivity contribution is 14.0. The predicted octanol–water partition coefficient (Wildman–Crippen LogP) is 2.49. The van der Waals surface area contributed by atoms with E-state index in [1.807, 2.05) is 34.6 Å². The molecule has 0 rings (SSSR count). The van der Waals surface area contributed by atoms with E-state index in [1.165, 1.54) is 0 Å². The van der Waals surface area contributed by atoms with Crippen LogP contribution in [0.2, 0.25) is 0 Å². The maximum absolute atomic E-state index is 12.0. The van der Waals surface area contributed by atoms with Gasteiger partial charge in [-0.3, -0.25) is 4.99 Å². The molecule has 0 aromatic heterocycles. The molecule has 0 bridgehead atoms. The SMILES string of the molecule is C#CCNC(=NC)NCC(CC)(CC)NC(=O)OC(C)(C)C.I. The standard InChI is InChI=1S/C16H30N4O2.HI/c1-8-11-18-13(17-7)19-12-16(9-2,10-3)20-14(21)22-15(4,5)6;/h1H,9-12H2,2-7H3,(H,20,21)(H2,17,18,19);1H. The number of nitrogens with zero attached hydrogens (tertiary/aromatic N) is 1. The summed E-state index contributed by atoms with van der Waals surface area (Å²) in [6, 6.07) is 0. The Labute approximate surface area is 157 Å². The molecule has 0 heterocycles. The van der Waals surface area contributed by atoms with Crippen molar-refractivity contribution in [3.8, 4) is 12.3 Å². The average molecular weight is 438 g/mol. The van der Waals surface area contributed by atoms with Gasteiger partial charge in [-0.15, -0.1) is 30.4 Å². The zero-order valence-corrected chi connectivity index (χ0v) is 17.4. The van der Waals surface area contributed by atoms with Crippen molar-refractivity contribution >= 4 is 36.0 Å². The lowest BCUT2D eigenvalue weighted by Gasteiger charge is -2.34. The molecule has 3 N–H and O–H groups in total.